The number of hydrogen-bond donors (Lipinski definition) is 1. The molecule has 0 amide bonds. The van der Waals surface area contributed by atoms with Gasteiger partial charge in [-0.2, -0.15) is 5.10 Å². The minimum atomic E-state index is 0.134. The van der Waals surface area contributed by atoms with Crippen molar-refractivity contribution in [1.82, 2.24) is 15.1 Å². The molecule has 0 bridgehead atoms. The van der Waals surface area contributed by atoms with E-state index in [1.54, 1.807) is 0 Å². The zero-order valence-electron chi connectivity index (χ0n) is 12.8. The van der Waals surface area contributed by atoms with E-state index in [1.165, 1.54) is 18.5 Å². The Morgan fingerprint density at radius 1 is 1.42 bits per heavy atom. The molecule has 1 unspecified atom stereocenters. The van der Waals surface area contributed by atoms with Gasteiger partial charge in [-0.25, -0.2) is 0 Å². The lowest BCUT2D eigenvalue weighted by atomic mass is 9.70. The van der Waals surface area contributed by atoms with Crippen LogP contribution in [0.5, 0.6) is 0 Å². The molecular formula is C15H26ClN3. The smallest absolute Gasteiger partial charge is 0.0850 e. The number of aromatic nitrogens is 2. The summed E-state index contributed by atoms with van der Waals surface area (Å²) in [5, 5.41) is 9.14. The predicted octanol–water partition coefficient (Wildman–Crippen LogP) is 3.35. The van der Waals surface area contributed by atoms with Crippen LogP contribution in [0.1, 0.15) is 51.9 Å². The Labute approximate surface area is 121 Å². The van der Waals surface area contributed by atoms with Crippen molar-refractivity contribution in [2.24, 2.45) is 12.5 Å². The number of nitrogens with one attached hydrogen (secondary N) is 1. The molecular weight excluding hydrogens is 258 g/mol. The van der Waals surface area contributed by atoms with Gasteiger partial charge in [-0.1, -0.05) is 39.3 Å². The fraction of sp³-hybridized carbons (Fsp3) is 0.800. The molecule has 0 radical (unpaired) electrons. The second-order valence-electron chi connectivity index (χ2n) is 6.72. The molecule has 1 saturated heterocycles. The van der Waals surface area contributed by atoms with Crippen LogP contribution >= 0.6 is 11.6 Å². The molecule has 1 atom stereocenters. The third-order valence-corrected chi connectivity index (χ3v) is 5.09. The largest absolute Gasteiger partial charge is 0.310 e. The molecule has 19 heavy (non-hydrogen) atoms. The minimum Gasteiger partial charge on any atom is -0.310 e. The highest BCUT2D eigenvalue weighted by molar-refractivity contribution is 6.31. The van der Waals surface area contributed by atoms with Gasteiger partial charge in [0.05, 0.1) is 16.4 Å². The van der Waals surface area contributed by atoms with Crippen molar-refractivity contribution in [3.8, 4) is 0 Å². The number of hydrogen-bond acceptors (Lipinski definition) is 2. The summed E-state index contributed by atoms with van der Waals surface area (Å²) in [6.45, 7) is 10.2. The van der Waals surface area contributed by atoms with Crippen LogP contribution in [0.3, 0.4) is 0 Å². The van der Waals surface area contributed by atoms with Crippen molar-refractivity contribution in [1.29, 1.82) is 0 Å². The maximum atomic E-state index is 6.51. The normalized spacial score (nSPS) is 24.1. The number of aryl methyl sites for hydroxylation is 2. The van der Waals surface area contributed by atoms with Crippen molar-refractivity contribution in [3.05, 3.63) is 16.4 Å². The minimum absolute atomic E-state index is 0.134. The van der Waals surface area contributed by atoms with Crippen molar-refractivity contribution >= 4 is 11.6 Å². The van der Waals surface area contributed by atoms with Gasteiger partial charge in [0.1, 0.15) is 0 Å². The standard InChI is InChI=1S/C15H26ClN3/c1-6-11-13(16)12(19(5)18-11)10-15(14(2,3)4)8-7-9-17-15/h17H,6-10H2,1-5H3. The molecule has 1 aromatic rings. The van der Waals surface area contributed by atoms with E-state index in [-0.39, 0.29) is 11.0 Å². The Morgan fingerprint density at radius 2 is 2.11 bits per heavy atom. The van der Waals surface area contributed by atoms with Crippen LogP contribution in [-0.4, -0.2) is 21.9 Å². The molecule has 1 aliphatic rings. The van der Waals surface area contributed by atoms with Gasteiger partial charge in [-0.3, -0.25) is 4.68 Å². The molecule has 0 spiro atoms. The maximum absolute atomic E-state index is 6.51. The van der Waals surface area contributed by atoms with E-state index in [4.69, 9.17) is 11.6 Å². The van der Waals surface area contributed by atoms with Crippen LogP contribution in [-0.2, 0) is 19.9 Å². The summed E-state index contributed by atoms with van der Waals surface area (Å²) in [4.78, 5) is 0. The molecule has 1 N–H and O–H groups in total. The predicted molar refractivity (Wildman–Crippen MR) is 80.7 cm³/mol. The lowest BCUT2D eigenvalue weighted by Crippen LogP contribution is -2.53. The summed E-state index contributed by atoms with van der Waals surface area (Å²) in [5.41, 5.74) is 2.53. The molecule has 1 aliphatic heterocycles. The van der Waals surface area contributed by atoms with Crippen LogP contribution in [0, 0.1) is 5.41 Å². The van der Waals surface area contributed by atoms with Gasteiger partial charge in [0.15, 0.2) is 0 Å². The third kappa shape index (κ3) is 2.55. The molecule has 3 nitrogen and oxygen atoms in total. The molecule has 2 heterocycles. The van der Waals surface area contributed by atoms with Crippen molar-refractivity contribution in [3.63, 3.8) is 0 Å². The first kappa shape index (κ1) is 14.9. The lowest BCUT2D eigenvalue weighted by Gasteiger charge is -2.42. The van der Waals surface area contributed by atoms with Gasteiger partial charge in [0.2, 0.25) is 0 Å². The summed E-state index contributed by atoms with van der Waals surface area (Å²) >= 11 is 6.51. The fourth-order valence-corrected chi connectivity index (χ4v) is 3.52. The van der Waals surface area contributed by atoms with E-state index in [1.807, 2.05) is 11.7 Å². The van der Waals surface area contributed by atoms with Crippen LogP contribution in [0.25, 0.3) is 0 Å². The van der Waals surface area contributed by atoms with E-state index in [2.05, 4.69) is 38.1 Å². The second kappa shape index (κ2) is 5.10. The van der Waals surface area contributed by atoms with E-state index in [0.717, 1.165) is 30.1 Å². The van der Waals surface area contributed by atoms with Crippen LogP contribution < -0.4 is 5.32 Å². The lowest BCUT2D eigenvalue weighted by molar-refractivity contribution is 0.157. The first-order valence-corrected chi connectivity index (χ1v) is 7.64. The van der Waals surface area contributed by atoms with Gasteiger partial charge in [-0.05, 0) is 31.2 Å². The number of rotatable bonds is 3. The second-order valence-corrected chi connectivity index (χ2v) is 7.10. The quantitative estimate of drug-likeness (QED) is 0.922. The van der Waals surface area contributed by atoms with E-state index < -0.39 is 0 Å². The summed E-state index contributed by atoms with van der Waals surface area (Å²) in [6, 6.07) is 0. The Morgan fingerprint density at radius 3 is 2.53 bits per heavy atom. The maximum Gasteiger partial charge on any atom is 0.0850 e. The van der Waals surface area contributed by atoms with Crippen LogP contribution in [0.4, 0.5) is 0 Å². The summed E-state index contributed by atoms with van der Waals surface area (Å²) in [7, 11) is 2.01. The summed E-state index contributed by atoms with van der Waals surface area (Å²) in [5.74, 6) is 0. The Balaban J connectivity index is 2.36. The molecule has 2 rings (SSSR count). The Kier molecular flexibility index (Phi) is 3.99. The molecule has 1 fully saturated rings. The van der Waals surface area contributed by atoms with Crippen LogP contribution in [0.2, 0.25) is 5.02 Å². The summed E-state index contributed by atoms with van der Waals surface area (Å²) < 4.78 is 1.97. The monoisotopic (exact) mass is 283 g/mol. The fourth-order valence-electron chi connectivity index (χ4n) is 3.16. The highest BCUT2D eigenvalue weighted by Crippen LogP contribution is 2.41. The third-order valence-electron chi connectivity index (χ3n) is 4.65. The topological polar surface area (TPSA) is 29.9 Å². The van der Waals surface area contributed by atoms with Gasteiger partial charge in [0, 0.05) is 19.0 Å². The average molecular weight is 284 g/mol. The van der Waals surface area contributed by atoms with Gasteiger partial charge in [0.25, 0.3) is 0 Å². The molecule has 0 aliphatic carbocycles. The molecule has 108 valence electrons. The first-order chi connectivity index (χ1) is 8.81. The van der Waals surface area contributed by atoms with E-state index in [0.29, 0.717) is 0 Å². The Bertz CT molecular complexity index is 451. The zero-order valence-corrected chi connectivity index (χ0v) is 13.6. The van der Waals surface area contributed by atoms with Crippen molar-refractivity contribution in [2.45, 2.75) is 58.9 Å². The number of halogens is 1. The van der Waals surface area contributed by atoms with Gasteiger partial charge < -0.3 is 5.32 Å². The average Bonchev–Trinajstić information content (AvgIpc) is 2.89. The Hall–Kier alpha value is -0.540. The van der Waals surface area contributed by atoms with Crippen LogP contribution in [0.15, 0.2) is 0 Å². The first-order valence-electron chi connectivity index (χ1n) is 7.26. The SMILES string of the molecule is CCc1nn(C)c(CC2(C(C)(C)C)CCCN2)c1Cl. The van der Waals surface area contributed by atoms with E-state index >= 15 is 0 Å². The van der Waals surface area contributed by atoms with Crippen molar-refractivity contribution in [2.75, 3.05) is 6.54 Å². The molecule has 1 aromatic heterocycles. The zero-order chi connectivity index (χ0) is 14.3. The van der Waals surface area contributed by atoms with Gasteiger partial charge >= 0.3 is 0 Å². The molecule has 0 saturated carbocycles. The number of nitrogens with zero attached hydrogens (tertiary/aromatic N) is 2. The highest BCUT2D eigenvalue weighted by atomic mass is 35.5. The van der Waals surface area contributed by atoms with E-state index in [9.17, 15) is 0 Å². The summed E-state index contributed by atoms with van der Waals surface area (Å²) in [6.07, 6.45) is 4.30. The molecule has 4 heteroatoms. The highest BCUT2D eigenvalue weighted by Gasteiger charge is 2.44. The molecule has 0 aromatic carbocycles. The van der Waals surface area contributed by atoms with Gasteiger partial charge in [-0.15, -0.1) is 0 Å². The van der Waals surface area contributed by atoms with Crippen molar-refractivity contribution < 1.29 is 0 Å².